The highest BCUT2D eigenvalue weighted by Gasteiger charge is 2.34. The number of hydrogen-bond donors (Lipinski definition) is 0. The van der Waals surface area contributed by atoms with Gasteiger partial charge in [0, 0.05) is 18.7 Å². The van der Waals surface area contributed by atoms with E-state index in [0.717, 1.165) is 30.0 Å². The van der Waals surface area contributed by atoms with Crippen LogP contribution in [0.3, 0.4) is 0 Å². The standard InChI is InChI=1S/C25H18I2N2O5S/c26-20-12-18(13-21(27)23(20)34-15-17-7-4-8-19(11-17)29(32)33)14-22-24(30)28(25(31)35-22)10-9-16-5-2-1-3-6-16/h1-8,11-14H,9-10,15H2/b22-14-. The lowest BCUT2D eigenvalue weighted by Crippen LogP contribution is -2.30. The maximum atomic E-state index is 12.9. The molecule has 7 nitrogen and oxygen atoms in total. The van der Waals surface area contributed by atoms with Crippen LogP contribution in [0.15, 0.2) is 71.6 Å². The Balaban J connectivity index is 1.45. The molecule has 3 aromatic carbocycles. The van der Waals surface area contributed by atoms with E-state index < -0.39 is 4.92 Å². The van der Waals surface area contributed by atoms with Gasteiger partial charge in [-0.3, -0.25) is 24.6 Å². The first kappa shape index (κ1) is 25.6. The average Bonchev–Trinajstić information content (AvgIpc) is 3.10. The van der Waals surface area contributed by atoms with Crippen molar-refractivity contribution in [1.29, 1.82) is 0 Å². The number of halogens is 2. The van der Waals surface area contributed by atoms with Crippen LogP contribution in [0.5, 0.6) is 5.75 Å². The van der Waals surface area contributed by atoms with Crippen molar-refractivity contribution in [2.75, 3.05) is 6.54 Å². The van der Waals surface area contributed by atoms with Crippen LogP contribution in [0, 0.1) is 17.3 Å². The zero-order chi connectivity index (χ0) is 24.9. The number of imide groups is 1. The summed E-state index contributed by atoms with van der Waals surface area (Å²) in [7, 11) is 0. The van der Waals surface area contributed by atoms with Gasteiger partial charge in [0.05, 0.1) is 17.0 Å². The summed E-state index contributed by atoms with van der Waals surface area (Å²) in [6, 6.07) is 19.8. The molecule has 35 heavy (non-hydrogen) atoms. The predicted octanol–water partition coefficient (Wildman–Crippen LogP) is 6.66. The van der Waals surface area contributed by atoms with Crippen LogP contribution in [0.2, 0.25) is 0 Å². The molecule has 1 aliphatic heterocycles. The van der Waals surface area contributed by atoms with Crippen LogP contribution in [0.1, 0.15) is 16.7 Å². The Morgan fingerprint density at radius 1 is 0.971 bits per heavy atom. The molecule has 1 saturated heterocycles. The number of rotatable bonds is 8. The quantitative estimate of drug-likeness (QED) is 0.112. The van der Waals surface area contributed by atoms with Gasteiger partial charge in [-0.1, -0.05) is 42.5 Å². The normalized spacial score (nSPS) is 14.6. The lowest BCUT2D eigenvalue weighted by molar-refractivity contribution is -0.384. The van der Waals surface area contributed by atoms with Crippen LogP contribution in [-0.4, -0.2) is 27.5 Å². The summed E-state index contributed by atoms with van der Waals surface area (Å²) in [5.41, 5.74) is 2.57. The zero-order valence-electron chi connectivity index (χ0n) is 18.1. The minimum absolute atomic E-state index is 0.0172. The molecule has 0 radical (unpaired) electrons. The minimum Gasteiger partial charge on any atom is -0.487 e. The van der Waals surface area contributed by atoms with E-state index in [0.29, 0.717) is 29.2 Å². The number of carbonyl (C=O) groups is 2. The summed E-state index contributed by atoms with van der Waals surface area (Å²) in [4.78, 5) is 37.5. The zero-order valence-corrected chi connectivity index (χ0v) is 23.3. The van der Waals surface area contributed by atoms with E-state index in [9.17, 15) is 19.7 Å². The van der Waals surface area contributed by atoms with E-state index >= 15 is 0 Å². The van der Waals surface area contributed by atoms with Gasteiger partial charge in [0.2, 0.25) is 0 Å². The van der Waals surface area contributed by atoms with Crippen molar-refractivity contribution in [3.8, 4) is 5.75 Å². The van der Waals surface area contributed by atoms with Gasteiger partial charge in [0.15, 0.2) is 0 Å². The first-order valence-electron chi connectivity index (χ1n) is 10.5. The Morgan fingerprint density at radius 2 is 1.66 bits per heavy atom. The molecule has 178 valence electrons. The molecular weight excluding hydrogens is 694 g/mol. The summed E-state index contributed by atoms with van der Waals surface area (Å²) >= 11 is 5.26. The van der Waals surface area contributed by atoms with Crippen molar-refractivity contribution >= 4 is 79.9 Å². The third kappa shape index (κ3) is 6.41. The highest BCUT2D eigenvalue weighted by molar-refractivity contribution is 14.1. The van der Waals surface area contributed by atoms with E-state index in [2.05, 4.69) is 45.2 Å². The molecule has 1 fully saturated rings. The number of amides is 2. The highest BCUT2D eigenvalue weighted by atomic mass is 127. The van der Waals surface area contributed by atoms with Crippen molar-refractivity contribution in [2.45, 2.75) is 13.0 Å². The molecule has 3 aromatic rings. The average molecular weight is 712 g/mol. The molecular formula is C25H18I2N2O5S. The van der Waals surface area contributed by atoms with Crippen LogP contribution in [0.4, 0.5) is 10.5 Å². The summed E-state index contributed by atoms with van der Waals surface area (Å²) in [5.74, 6) is 0.373. The molecule has 0 aromatic heterocycles. The summed E-state index contributed by atoms with van der Waals surface area (Å²) in [5, 5.41) is 10.7. The van der Waals surface area contributed by atoms with Gasteiger partial charge in [-0.2, -0.15) is 0 Å². The largest absolute Gasteiger partial charge is 0.487 e. The van der Waals surface area contributed by atoms with Gasteiger partial charge in [0.1, 0.15) is 12.4 Å². The van der Waals surface area contributed by atoms with Crippen LogP contribution in [-0.2, 0) is 17.8 Å². The lowest BCUT2D eigenvalue weighted by atomic mass is 10.1. The molecule has 1 heterocycles. The summed E-state index contributed by atoms with van der Waals surface area (Å²) in [6.45, 7) is 0.527. The van der Waals surface area contributed by atoms with Gasteiger partial charge < -0.3 is 4.74 Å². The van der Waals surface area contributed by atoms with Crippen LogP contribution < -0.4 is 4.74 Å². The first-order valence-corrected chi connectivity index (χ1v) is 13.4. The predicted molar refractivity (Wildman–Crippen MR) is 152 cm³/mol. The molecule has 10 heteroatoms. The number of hydrogen-bond acceptors (Lipinski definition) is 6. The van der Waals surface area contributed by atoms with Crippen LogP contribution >= 0.6 is 56.9 Å². The Morgan fingerprint density at radius 3 is 2.34 bits per heavy atom. The number of ether oxygens (including phenoxy) is 1. The second-order valence-electron chi connectivity index (χ2n) is 7.60. The van der Waals surface area contributed by atoms with Crippen molar-refractivity contribution in [1.82, 2.24) is 4.90 Å². The Labute approximate surface area is 233 Å². The van der Waals surface area contributed by atoms with Gasteiger partial charge in [-0.25, -0.2) is 0 Å². The smallest absolute Gasteiger partial charge is 0.293 e. The second-order valence-corrected chi connectivity index (χ2v) is 10.9. The number of nitro benzene ring substituents is 1. The summed E-state index contributed by atoms with van der Waals surface area (Å²) < 4.78 is 7.61. The van der Waals surface area contributed by atoms with Gasteiger partial charge in [-0.05, 0) is 98.3 Å². The Hall–Kier alpha value is -2.45. The monoisotopic (exact) mass is 712 g/mol. The van der Waals surface area contributed by atoms with Gasteiger partial charge in [-0.15, -0.1) is 0 Å². The molecule has 0 atom stereocenters. The van der Waals surface area contributed by atoms with E-state index in [-0.39, 0.29) is 23.4 Å². The third-order valence-electron chi connectivity index (χ3n) is 5.16. The second kappa shape index (κ2) is 11.5. The Bertz CT molecular complexity index is 1310. The number of nitro groups is 1. The molecule has 0 spiro atoms. The Kier molecular flexibility index (Phi) is 8.44. The lowest BCUT2D eigenvalue weighted by Gasteiger charge is -2.12. The summed E-state index contributed by atoms with van der Waals surface area (Å²) in [6.07, 6.45) is 2.33. The van der Waals surface area contributed by atoms with Crippen molar-refractivity contribution < 1.29 is 19.2 Å². The first-order chi connectivity index (χ1) is 16.8. The van der Waals surface area contributed by atoms with Gasteiger partial charge >= 0.3 is 0 Å². The molecule has 0 aliphatic carbocycles. The minimum atomic E-state index is -0.435. The molecule has 4 rings (SSSR count). The van der Waals surface area contributed by atoms with Crippen molar-refractivity contribution in [3.63, 3.8) is 0 Å². The number of carbonyl (C=O) groups excluding carboxylic acids is 2. The van der Waals surface area contributed by atoms with Gasteiger partial charge in [0.25, 0.3) is 16.8 Å². The highest BCUT2D eigenvalue weighted by Crippen LogP contribution is 2.35. The van der Waals surface area contributed by atoms with Crippen molar-refractivity contribution in [2.24, 2.45) is 0 Å². The number of nitrogens with zero attached hydrogens (tertiary/aromatic N) is 2. The maximum absolute atomic E-state index is 12.9. The molecule has 0 unspecified atom stereocenters. The topological polar surface area (TPSA) is 89.7 Å². The van der Waals surface area contributed by atoms with Crippen LogP contribution in [0.25, 0.3) is 6.08 Å². The molecule has 1 aliphatic rings. The molecule has 0 bridgehead atoms. The molecule has 2 amide bonds. The maximum Gasteiger partial charge on any atom is 0.293 e. The number of benzene rings is 3. The molecule has 0 N–H and O–H groups in total. The van der Waals surface area contributed by atoms with E-state index in [4.69, 9.17) is 4.74 Å². The van der Waals surface area contributed by atoms with E-state index in [1.54, 1.807) is 18.2 Å². The fraction of sp³-hybridized carbons (Fsp3) is 0.120. The SMILES string of the molecule is O=C1S/C(=C\c2cc(I)c(OCc3cccc([N+](=O)[O-])c3)c(I)c2)C(=O)N1CCc1ccccc1. The molecule has 0 saturated carbocycles. The fourth-order valence-corrected chi connectivity index (χ4v) is 6.44. The van der Waals surface area contributed by atoms with Crippen molar-refractivity contribution in [3.05, 3.63) is 106 Å². The number of non-ortho nitro benzene ring substituents is 1. The number of thioether (sulfide) groups is 1. The third-order valence-corrected chi connectivity index (χ3v) is 7.67. The van der Waals surface area contributed by atoms with E-state index in [1.165, 1.54) is 17.0 Å². The fourth-order valence-electron chi connectivity index (χ4n) is 3.45. The van der Waals surface area contributed by atoms with E-state index in [1.807, 2.05) is 42.5 Å².